The molecule has 0 aromatic carbocycles. The molecule has 0 unspecified atom stereocenters. The van der Waals surface area contributed by atoms with Crippen molar-refractivity contribution in [3.05, 3.63) is 0 Å². The van der Waals surface area contributed by atoms with Crippen molar-refractivity contribution in [2.45, 2.75) is 72.2 Å². The zero-order chi connectivity index (χ0) is 25.0. The van der Waals surface area contributed by atoms with Gasteiger partial charge in [0.25, 0.3) is 0 Å². The minimum absolute atomic E-state index is 0.0783. The van der Waals surface area contributed by atoms with Crippen molar-refractivity contribution in [2.24, 2.45) is 0 Å². The molecule has 1 heterocycles. The molecule has 30 heavy (non-hydrogen) atoms. The molecule has 0 aliphatic carbocycles. The SMILES string of the molecule is [3H]C([3H])(O)[C@@H](O)[C@@H]1O[C@H](OP(=O)(O[N+](CC)(CC)CC)O[N+](CC)(CC)CC)[C@H](O)[C@H]1O. The number of phosphoric acid groups is 1. The van der Waals surface area contributed by atoms with Crippen LogP contribution in [-0.4, -0.2) is 106 Å². The monoisotopic (exact) mass is 464 g/mol. The molecule has 0 aromatic rings. The molecule has 0 saturated carbocycles. The molecule has 1 rings (SSSR count). The van der Waals surface area contributed by atoms with Gasteiger partial charge in [0.2, 0.25) is 0 Å². The van der Waals surface area contributed by atoms with Crippen LogP contribution < -0.4 is 0 Å². The summed E-state index contributed by atoms with van der Waals surface area (Å²) >= 11 is 0. The summed E-state index contributed by atoms with van der Waals surface area (Å²) in [6.07, 6.45) is -9.34. The van der Waals surface area contributed by atoms with Crippen LogP contribution in [0.25, 0.3) is 0 Å². The predicted molar refractivity (Wildman–Crippen MR) is 108 cm³/mol. The van der Waals surface area contributed by atoms with E-state index in [1.807, 2.05) is 41.5 Å². The minimum Gasteiger partial charge on any atom is -0.394 e. The van der Waals surface area contributed by atoms with Gasteiger partial charge in [-0.25, -0.2) is 9.09 Å². The zero-order valence-corrected chi connectivity index (χ0v) is 19.7. The van der Waals surface area contributed by atoms with E-state index in [1.54, 1.807) is 0 Å². The van der Waals surface area contributed by atoms with E-state index in [0.29, 0.717) is 39.3 Å². The third-order valence-corrected chi connectivity index (χ3v) is 7.50. The molecular weight excluding hydrogens is 419 g/mol. The first-order chi connectivity index (χ1) is 14.7. The van der Waals surface area contributed by atoms with Gasteiger partial charge in [-0.3, -0.25) is 0 Å². The Labute approximate surface area is 182 Å². The quantitative estimate of drug-likeness (QED) is 0.165. The van der Waals surface area contributed by atoms with Crippen LogP contribution in [0.2, 0.25) is 0 Å². The summed E-state index contributed by atoms with van der Waals surface area (Å²) in [7, 11) is -4.46. The van der Waals surface area contributed by atoms with E-state index < -0.39 is 45.1 Å². The van der Waals surface area contributed by atoms with E-state index in [9.17, 15) is 25.0 Å². The smallest absolute Gasteiger partial charge is 0.394 e. The molecule has 1 aliphatic heterocycles. The Morgan fingerprint density at radius 2 is 1.33 bits per heavy atom. The molecule has 0 radical (unpaired) electrons. The maximum atomic E-state index is 13.9. The summed E-state index contributed by atoms with van der Waals surface area (Å²) in [5.74, 6) is 0. The summed E-state index contributed by atoms with van der Waals surface area (Å²) in [5, 5.41) is 40.0. The fourth-order valence-corrected chi connectivity index (χ4v) is 5.46. The average Bonchev–Trinajstić information content (AvgIpc) is 3.03. The lowest BCUT2D eigenvalue weighted by Crippen LogP contribution is -2.50. The standard InChI is InChI=1S/C18H41N2O9P/c1-7-19(8-2,9-3)28-30(25,29-20(10-4,11-5)12-6)27-18-16(24)15(23)17(26-18)14(22)13-21/h14-18,21-24H,7-13H2,1-6H3/q+2/t14-,15-,16-,17+,18-/m1/s1/i13T2. The van der Waals surface area contributed by atoms with E-state index >= 15 is 0 Å². The fraction of sp³-hybridized carbons (Fsp3) is 1.00. The first-order valence-corrected chi connectivity index (χ1v) is 12.0. The minimum atomic E-state index is -4.46. The lowest BCUT2D eigenvalue weighted by molar-refractivity contribution is -1.10. The Morgan fingerprint density at radius 1 is 0.933 bits per heavy atom. The maximum Gasteiger partial charge on any atom is 0.569 e. The molecule has 180 valence electrons. The fourth-order valence-electron chi connectivity index (χ4n) is 3.39. The molecule has 0 bridgehead atoms. The second kappa shape index (κ2) is 11.6. The summed E-state index contributed by atoms with van der Waals surface area (Å²) in [4.78, 5) is 0. The number of hydrogen-bond acceptors (Lipinski definition) is 9. The van der Waals surface area contributed by atoms with E-state index in [0.717, 1.165) is 0 Å². The molecule has 12 heteroatoms. The van der Waals surface area contributed by atoms with Crippen molar-refractivity contribution in [1.29, 1.82) is 0 Å². The van der Waals surface area contributed by atoms with Crippen molar-refractivity contribution >= 4 is 7.82 Å². The molecule has 0 amide bonds. The zero-order valence-electron chi connectivity index (χ0n) is 20.8. The number of ether oxygens (including phenoxy) is 1. The van der Waals surface area contributed by atoms with Gasteiger partial charge in [0.15, 0.2) is 6.29 Å². The van der Waals surface area contributed by atoms with Gasteiger partial charge in [-0.05, 0) is 41.5 Å². The highest BCUT2D eigenvalue weighted by Gasteiger charge is 2.54. The van der Waals surface area contributed by atoms with Gasteiger partial charge in [-0.15, -0.1) is 0 Å². The van der Waals surface area contributed by atoms with Crippen molar-refractivity contribution < 1.29 is 55.5 Å². The second-order valence-corrected chi connectivity index (χ2v) is 8.69. The van der Waals surface area contributed by atoms with Crippen LogP contribution in [-0.2, 0) is 23.1 Å². The van der Waals surface area contributed by atoms with E-state index in [4.69, 9.17) is 21.3 Å². The molecule has 1 saturated heterocycles. The second-order valence-electron chi connectivity index (χ2n) is 7.25. The summed E-state index contributed by atoms with van der Waals surface area (Å²) in [6.45, 7) is 10.6. The summed E-state index contributed by atoms with van der Waals surface area (Å²) in [5.41, 5.74) is 0. The van der Waals surface area contributed by atoms with E-state index in [-0.39, 0.29) is 9.29 Å². The molecular formula is C18H41N2O9P+2. The van der Waals surface area contributed by atoms with Crippen LogP contribution in [0.15, 0.2) is 0 Å². The largest absolute Gasteiger partial charge is 0.569 e. The van der Waals surface area contributed by atoms with Gasteiger partial charge >= 0.3 is 7.82 Å². The molecule has 0 spiro atoms. The van der Waals surface area contributed by atoms with Gasteiger partial charge in [-0.2, -0.15) is 9.29 Å². The Kier molecular flexibility index (Phi) is 9.48. The number of nitrogens with zero attached hydrogens (tertiary/aromatic N) is 2. The lowest BCUT2D eigenvalue weighted by atomic mass is 10.1. The Balaban J connectivity index is 3.30. The highest BCUT2D eigenvalue weighted by atomic mass is 31.2. The highest BCUT2D eigenvalue weighted by Crippen LogP contribution is 2.56. The Morgan fingerprint density at radius 3 is 1.67 bits per heavy atom. The van der Waals surface area contributed by atoms with Crippen LogP contribution in [0, 0.1) is 0 Å². The molecule has 11 nitrogen and oxygen atoms in total. The topological polar surface area (TPSA) is 135 Å². The highest BCUT2D eigenvalue weighted by molar-refractivity contribution is 7.48. The molecule has 0 aromatic heterocycles. The number of quaternary nitrogens is 2. The van der Waals surface area contributed by atoms with Gasteiger partial charge in [0, 0.05) is 0 Å². The van der Waals surface area contributed by atoms with Gasteiger partial charge < -0.3 is 25.2 Å². The maximum absolute atomic E-state index is 13.9. The Bertz CT molecular complexity index is 590. The van der Waals surface area contributed by atoms with Crippen LogP contribution in [0.5, 0.6) is 0 Å². The van der Waals surface area contributed by atoms with Crippen molar-refractivity contribution in [1.82, 2.24) is 0 Å². The number of hydrogen-bond donors (Lipinski definition) is 4. The van der Waals surface area contributed by atoms with Crippen molar-refractivity contribution in [2.75, 3.05) is 45.8 Å². The number of rotatable bonds is 14. The average molecular weight is 465 g/mol. The summed E-state index contributed by atoms with van der Waals surface area (Å²) in [6, 6.07) is 0. The normalized spacial score (nSPS) is 28.3. The number of aliphatic hydroxyl groups is 4. The first kappa shape index (κ1) is 24.5. The van der Waals surface area contributed by atoms with Crippen LogP contribution in [0.1, 0.15) is 44.3 Å². The summed E-state index contributed by atoms with van der Waals surface area (Å²) < 4.78 is 50.9. The third-order valence-electron chi connectivity index (χ3n) is 5.94. The molecule has 1 aliphatic rings. The first-order valence-electron chi connectivity index (χ1n) is 11.6. The number of hydroxylamine groups is 6. The molecule has 5 atom stereocenters. The van der Waals surface area contributed by atoms with Crippen molar-refractivity contribution in [3.8, 4) is 0 Å². The van der Waals surface area contributed by atoms with E-state index in [1.165, 1.54) is 0 Å². The Hall–Kier alpha value is -0.170. The van der Waals surface area contributed by atoms with Gasteiger partial charge in [-0.1, -0.05) is 9.25 Å². The van der Waals surface area contributed by atoms with E-state index in [2.05, 4.69) is 0 Å². The van der Waals surface area contributed by atoms with Crippen LogP contribution in [0.3, 0.4) is 0 Å². The molecule has 1 fully saturated rings. The predicted octanol–water partition coefficient (Wildman–Crippen LogP) is 0.527. The third kappa shape index (κ3) is 6.20. The van der Waals surface area contributed by atoms with Crippen LogP contribution in [0.4, 0.5) is 0 Å². The van der Waals surface area contributed by atoms with Crippen molar-refractivity contribution in [3.63, 3.8) is 0 Å². The molecule has 4 N–H and O–H groups in total. The van der Waals surface area contributed by atoms with Crippen LogP contribution >= 0.6 is 7.82 Å². The van der Waals surface area contributed by atoms with Gasteiger partial charge in [0.05, 0.1) is 9.30 Å². The lowest BCUT2D eigenvalue weighted by Gasteiger charge is -2.38. The number of aliphatic hydroxyl groups excluding tert-OH is 3. The van der Waals surface area contributed by atoms with Gasteiger partial charge in [0.1, 0.15) is 63.7 Å².